The molecular formula is C16H22ClNO2. The van der Waals surface area contributed by atoms with Gasteiger partial charge in [-0.3, -0.25) is 4.79 Å². The molecule has 1 aromatic carbocycles. The molecule has 1 amide bonds. The van der Waals surface area contributed by atoms with Crippen LogP contribution in [0.4, 0.5) is 0 Å². The molecule has 0 bridgehead atoms. The maximum absolute atomic E-state index is 12.6. The molecule has 1 saturated carbocycles. The van der Waals surface area contributed by atoms with E-state index in [1.807, 2.05) is 38.1 Å². The van der Waals surface area contributed by atoms with Crippen molar-refractivity contribution in [2.24, 2.45) is 0 Å². The Bertz CT molecular complexity index is 510. The highest BCUT2D eigenvalue weighted by atomic mass is 35.5. The number of hydrogen-bond donors (Lipinski definition) is 2. The van der Waals surface area contributed by atoms with Gasteiger partial charge >= 0.3 is 0 Å². The van der Waals surface area contributed by atoms with Crippen LogP contribution < -0.4 is 5.32 Å². The largest absolute Gasteiger partial charge is 0.388 e. The molecule has 1 fully saturated rings. The van der Waals surface area contributed by atoms with Crippen LogP contribution in [-0.4, -0.2) is 22.2 Å². The van der Waals surface area contributed by atoms with Crippen molar-refractivity contribution in [1.82, 2.24) is 5.32 Å². The van der Waals surface area contributed by atoms with E-state index in [1.54, 1.807) is 13.8 Å². The quantitative estimate of drug-likeness (QED) is 0.897. The van der Waals surface area contributed by atoms with Crippen LogP contribution in [0.25, 0.3) is 0 Å². The summed E-state index contributed by atoms with van der Waals surface area (Å²) in [7, 11) is 0. The van der Waals surface area contributed by atoms with Crippen molar-refractivity contribution in [2.75, 3.05) is 0 Å². The van der Waals surface area contributed by atoms with E-state index in [0.717, 1.165) is 18.4 Å². The summed E-state index contributed by atoms with van der Waals surface area (Å²) in [6.07, 6.45) is 1.67. The topological polar surface area (TPSA) is 49.3 Å². The summed E-state index contributed by atoms with van der Waals surface area (Å²) in [5.74, 6) is -0.0213. The van der Waals surface area contributed by atoms with Crippen molar-refractivity contribution in [3.63, 3.8) is 0 Å². The van der Waals surface area contributed by atoms with Gasteiger partial charge in [-0.15, -0.1) is 0 Å². The molecule has 0 unspecified atom stereocenters. The summed E-state index contributed by atoms with van der Waals surface area (Å²) < 4.78 is 0. The zero-order valence-electron chi connectivity index (χ0n) is 12.5. The number of aliphatic hydroxyl groups is 1. The molecule has 2 N–H and O–H groups in total. The van der Waals surface area contributed by atoms with Gasteiger partial charge in [0.05, 0.1) is 16.6 Å². The Labute approximate surface area is 125 Å². The van der Waals surface area contributed by atoms with Crippen molar-refractivity contribution >= 4 is 17.5 Å². The summed E-state index contributed by atoms with van der Waals surface area (Å²) in [6.45, 7) is 7.08. The predicted octanol–water partition coefficient (Wildman–Crippen LogP) is 3.04. The molecule has 1 aliphatic rings. The van der Waals surface area contributed by atoms with Gasteiger partial charge in [0.25, 0.3) is 0 Å². The summed E-state index contributed by atoms with van der Waals surface area (Å²) in [4.78, 5) is 12.6. The molecular weight excluding hydrogens is 274 g/mol. The molecule has 0 spiro atoms. The molecule has 0 radical (unpaired) electrons. The number of amides is 1. The van der Waals surface area contributed by atoms with E-state index in [1.165, 1.54) is 0 Å². The second-order valence-electron chi connectivity index (χ2n) is 6.73. The molecule has 0 saturated heterocycles. The molecule has 1 aliphatic carbocycles. The average Bonchev–Trinajstić information content (AvgIpc) is 3.09. The lowest BCUT2D eigenvalue weighted by Crippen LogP contribution is -2.59. The van der Waals surface area contributed by atoms with Crippen LogP contribution in [-0.2, 0) is 10.2 Å². The van der Waals surface area contributed by atoms with Gasteiger partial charge in [-0.2, -0.15) is 0 Å². The van der Waals surface area contributed by atoms with E-state index in [4.69, 9.17) is 11.6 Å². The zero-order chi connectivity index (χ0) is 15.2. The fourth-order valence-corrected chi connectivity index (χ4v) is 2.22. The first kappa shape index (κ1) is 15.3. The second kappa shape index (κ2) is 4.74. The first-order valence-corrected chi connectivity index (χ1v) is 7.27. The Morgan fingerprint density at radius 2 is 1.70 bits per heavy atom. The predicted molar refractivity (Wildman–Crippen MR) is 80.9 cm³/mol. The van der Waals surface area contributed by atoms with Gasteiger partial charge in [-0.25, -0.2) is 0 Å². The molecule has 110 valence electrons. The molecule has 0 aliphatic heterocycles. The van der Waals surface area contributed by atoms with E-state index in [-0.39, 0.29) is 5.91 Å². The molecule has 1 aromatic rings. The van der Waals surface area contributed by atoms with Gasteiger partial charge < -0.3 is 10.4 Å². The highest BCUT2D eigenvalue weighted by Crippen LogP contribution is 2.49. The number of rotatable bonds is 4. The van der Waals surface area contributed by atoms with E-state index >= 15 is 0 Å². The molecule has 20 heavy (non-hydrogen) atoms. The zero-order valence-corrected chi connectivity index (χ0v) is 13.2. The SMILES string of the molecule is CC(C)(O)C(C)(C)NC(=O)C1(c2ccc(Cl)cc2)CC1. The summed E-state index contributed by atoms with van der Waals surface area (Å²) in [5.41, 5.74) is -1.14. The molecule has 0 heterocycles. The molecule has 3 nitrogen and oxygen atoms in total. The van der Waals surface area contributed by atoms with Crippen LogP contribution in [0.5, 0.6) is 0 Å². The fourth-order valence-electron chi connectivity index (χ4n) is 2.10. The van der Waals surface area contributed by atoms with Crippen molar-refractivity contribution in [2.45, 2.75) is 57.1 Å². The summed E-state index contributed by atoms with van der Waals surface area (Å²) in [5, 5.41) is 13.8. The Morgan fingerprint density at radius 1 is 1.20 bits per heavy atom. The normalized spacial score (nSPS) is 17.7. The summed E-state index contributed by atoms with van der Waals surface area (Å²) >= 11 is 5.89. The van der Waals surface area contributed by atoms with Gasteiger partial charge in [0.1, 0.15) is 0 Å². The maximum atomic E-state index is 12.6. The third-order valence-corrected chi connectivity index (χ3v) is 4.79. The van der Waals surface area contributed by atoms with Crippen LogP contribution in [0.3, 0.4) is 0 Å². The average molecular weight is 296 g/mol. The smallest absolute Gasteiger partial charge is 0.231 e. The van der Waals surface area contributed by atoms with Crippen LogP contribution in [0.1, 0.15) is 46.1 Å². The molecule has 0 atom stereocenters. The van der Waals surface area contributed by atoms with Crippen LogP contribution in [0.15, 0.2) is 24.3 Å². The molecule has 4 heteroatoms. The Morgan fingerprint density at radius 3 is 2.10 bits per heavy atom. The Balaban J connectivity index is 2.19. The van der Waals surface area contributed by atoms with Gasteiger partial charge in [-0.05, 0) is 58.2 Å². The number of benzene rings is 1. The lowest BCUT2D eigenvalue weighted by Gasteiger charge is -2.39. The van der Waals surface area contributed by atoms with Crippen molar-refractivity contribution < 1.29 is 9.90 Å². The monoisotopic (exact) mass is 295 g/mol. The van der Waals surface area contributed by atoms with E-state index in [2.05, 4.69) is 5.32 Å². The first-order valence-electron chi connectivity index (χ1n) is 6.90. The van der Waals surface area contributed by atoms with E-state index in [0.29, 0.717) is 5.02 Å². The lowest BCUT2D eigenvalue weighted by molar-refractivity contribution is -0.128. The fraction of sp³-hybridized carbons (Fsp3) is 0.562. The highest BCUT2D eigenvalue weighted by Gasteiger charge is 2.53. The van der Waals surface area contributed by atoms with Crippen molar-refractivity contribution in [3.05, 3.63) is 34.9 Å². The second-order valence-corrected chi connectivity index (χ2v) is 7.16. The van der Waals surface area contributed by atoms with Gasteiger partial charge in [0.2, 0.25) is 5.91 Å². The number of nitrogens with one attached hydrogen (secondary N) is 1. The van der Waals surface area contributed by atoms with Crippen molar-refractivity contribution in [3.8, 4) is 0 Å². The van der Waals surface area contributed by atoms with Gasteiger partial charge in [0.15, 0.2) is 0 Å². The van der Waals surface area contributed by atoms with Crippen LogP contribution >= 0.6 is 11.6 Å². The van der Waals surface area contributed by atoms with E-state index in [9.17, 15) is 9.90 Å². The third-order valence-electron chi connectivity index (χ3n) is 4.54. The maximum Gasteiger partial charge on any atom is 0.231 e. The van der Waals surface area contributed by atoms with Gasteiger partial charge in [-0.1, -0.05) is 23.7 Å². The standard InChI is InChI=1S/C16H22ClNO2/c1-14(2,15(3,4)20)18-13(19)16(9-10-16)11-5-7-12(17)8-6-11/h5-8,20H,9-10H2,1-4H3,(H,18,19). The van der Waals surface area contributed by atoms with E-state index < -0.39 is 16.6 Å². The Hall–Kier alpha value is -1.06. The summed E-state index contributed by atoms with van der Waals surface area (Å²) in [6, 6.07) is 7.44. The number of hydrogen-bond acceptors (Lipinski definition) is 2. The third kappa shape index (κ3) is 2.70. The number of halogens is 1. The minimum absolute atomic E-state index is 0.0213. The van der Waals surface area contributed by atoms with Crippen LogP contribution in [0.2, 0.25) is 5.02 Å². The first-order chi connectivity index (χ1) is 9.08. The molecule has 2 rings (SSSR count). The number of carbonyl (C=O) groups is 1. The minimum atomic E-state index is -0.987. The lowest BCUT2D eigenvalue weighted by atomic mass is 9.84. The highest BCUT2D eigenvalue weighted by molar-refractivity contribution is 6.30. The number of carbonyl (C=O) groups excluding carboxylic acids is 1. The minimum Gasteiger partial charge on any atom is -0.388 e. The van der Waals surface area contributed by atoms with Crippen molar-refractivity contribution in [1.29, 1.82) is 0 Å². The van der Waals surface area contributed by atoms with Crippen LogP contribution in [0, 0.1) is 0 Å². The molecule has 0 aromatic heterocycles. The Kier molecular flexibility index (Phi) is 3.64. The van der Waals surface area contributed by atoms with Gasteiger partial charge in [0, 0.05) is 5.02 Å².